The molecule has 2 nitrogen and oxygen atoms in total. The Bertz CT molecular complexity index is 544. The summed E-state index contributed by atoms with van der Waals surface area (Å²) < 4.78 is 27.6. The van der Waals surface area contributed by atoms with Crippen LogP contribution in [0.25, 0.3) is 0 Å². The van der Waals surface area contributed by atoms with E-state index >= 15 is 0 Å². The van der Waals surface area contributed by atoms with Crippen LogP contribution in [0.2, 0.25) is 0 Å². The third-order valence-corrected chi connectivity index (χ3v) is 3.24. The van der Waals surface area contributed by atoms with Crippen LogP contribution < -0.4 is 0 Å². The molecule has 1 aromatic rings. The number of carbonyl (C=O) groups excluding carboxylic acids is 1. The van der Waals surface area contributed by atoms with Gasteiger partial charge in [-0.2, -0.15) is 0 Å². The van der Waals surface area contributed by atoms with Crippen molar-refractivity contribution in [1.29, 1.82) is 0 Å². The van der Waals surface area contributed by atoms with E-state index in [1.54, 1.807) is 0 Å². The number of terminal acetylenes is 1. The summed E-state index contributed by atoms with van der Waals surface area (Å²) in [6, 6.07) is 2.42. The molecule has 0 spiro atoms. The number of amides is 1. The molecule has 1 saturated carbocycles. The van der Waals surface area contributed by atoms with Crippen molar-refractivity contribution in [2.45, 2.75) is 19.8 Å². The quantitative estimate of drug-likeness (QED) is 0.765. The monoisotopic (exact) mass is 263 g/mol. The summed E-state index contributed by atoms with van der Waals surface area (Å²) in [6.07, 6.45) is 7.29. The zero-order valence-electron chi connectivity index (χ0n) is 10.7. The molecule has 100 valence electrons. The number of rotatable bonds is 4. The van der Waals surface area contributed by atoms with Crippen molar-refractivity contribution in [3.63, 3.8) is 0 Å². The number of carbonyl (C=O) groups is 1. The maximum Gasteiger partial charge on any atom is 0.260 e. The molecule has 0 radical (unpaired) electrons. The van der Waals surface area contributed by atoms with Gasteiger partial charge in [0, 0.05) is 6.54 Å². The first-order valence-corrected chi connectivity index (χ1v) is 6.22. The molecule has 0 aromatic heterocycles. The normalized spacial score (nSPS) is 14.0. The van der Waals surface area contributed by atoms with E-state index < -0.39 is 23.1 Å². The summed E-state index contributed by atoms with van der Waals surface area (Å²) in [5, 5.41) is 0. The van der Waals surface area contributed by atoms with Crippen molar-refractivity contribution in [2.75, 3.05) is 13.1 Å². The van der Waals surface area contributed by atoms with Crippen LogP contribution in [0.1, 0.15) is 28.8 Å². The van der Waals surface area contributed by atoms with Gasteiger partial charge in [-0.15, -0.1) is 6.42 Å². The molecule has 2 rings (SSSR count). The van der Waals surface area contributed by atoms with Gasteiger partial charge in [0.25, 0.3) is 5.91 Å². The van der Waals surface area contributed by atoms with Crippen molar-refractivity contribution in [3.8, 4) is 12.3 Å². The van der Waals surface area contributed by atoms with Crippen LogP contribution in [-0.2, 0) is 0 Å². The predicted octanol–water partition coefficient (Wildman–Crippen LogP) is 2.76. The van der Waals surface area contributed by atoms with Gasteiger partial charge >= 0.3 is 0 Å². The number of halogens is 2. The Morgan fingerprint density at radius 2 is 2.16 bits per heavy atom. The van der Waals surface area contributed by atoms with Crippen LogP contribution in [-0.4, -0.2) is 23.9 Å². The fraction of sp³-hybridized carbons (Fsp3) is 0.400. The Morgan fingerprint density at radius 1 is 1.47 bits per heavy atom. The standard InChI is InChI=1S/C15H15F2NO/c1-3-8-18(9-11-5-6-11)15(19)13-12(16)7-4-10(2)14(13)17/h1,4,7,11H,5-6,8-9H2,2H3. The van der Waals surface area contributed by atoms with Crippen molar-refractivity contribution in [3.05, 3.63) is 34.9 Å². The van der Waals surface area contributed by atoms with Crippen molar-refractivity contribution in [1.82, 2.24) is 4.90 Å². The third-order valence-electron chi connectivity index (χ3n) is 3.24. The first kappa shape index (κ1) is 13.5. The fourth-order valence-corrected chi connectivity index (χ4v) is 1.95. The van der Waals surface area contributed by atoms with E-state index in [1.807, 2.05) is 0 Å². The van der Waals surface area contributed by atoms with Gasteiger partial charge in [0.05, 0.1) is 6.54 Å². The lowest BCUT2D eigenvalue weighted by Gasteiger charge is -2.21. The van der Waals surface area contributed by atoms with E-state index in [0.29, 0.717) is 12.5 Å². The van der Waals surface area contributed by atoms with Crippen molar-refractivity contribution in [2.24, 2.45) is 5.92 Å². The molecule has 4 heteroatoms. The SMILES string of the molecule is C#CCN(CC1CC1)C(=O)c1c(F)ccc(C)c1F. The Kier molecular flexibility index (Phi) is 3.84. The number of nitrogens with zero attached hydrogens (tertiary/aromatic N) is 1. The molecule has 0 heterocycles. The molecule has 0 unspecified atom stereocenters. The van der Waals surface area contributed by atoms with Crippen LogP contribution in [0.3, 0.4) is 0 Å². The van der Waals surface area contributed by atoms with Crippen molar-refractivity contribution < 1.29 is 13.6 Å². The molecule has 0 aliphatic heterocycles. The van der Waals surface area contributed by atoms with Gasteiger partial charge in [0.15, 0.2) is 0 Å². The minimum absolute atomic E-state index is 0.0716. The van der Waals surface area contributed by atoms with E-state index in [1.165, 1.54) is 17.9 Å². The molecule has 1 aliphatic carbocycles. The molecule has 1 fully saturated rings. The van der Waals surface area contributed by atoms with Crippen molar-refractivity contribution >= 4 is 5.91 Å². The smallest absolute Gasteiger partial charge is 0.260 e. The van der Waals surface area contributed by atoms with E-state index in [-0.39, 0.29) is 12.1 Å². The highest BCUT2D eigenvalue weighted by atomic mass is 19.1. The number of benzene rings is 1. The summed E-state index contributed by atoms with van der Waals surface area (Å²) in [5.74, 6) is 0.468. The summed E-state index contributed by atoms with van der Waals surface area (Å²) in [6.45, 7) is 2.04. The summed E-state index contributed by atoms with van der Waals surface area (Å²) in [4.78, 5) is 13.6. The maximum absolute atomic E-state index is 13.9. The third kappa shape index (κ3) is 2.93. The Hall–Kier alpha value is -1.89. The number of hydrogen-bond donors (Lipinski definition) is 0. The average molecular weight is 263 g/mol. The van der Waals surface area contributed by atoms with Crippen LogP contribution in [0.15, 0.2) is 12.1 Å². The van der Waals surface area contributed by atoms with Gasteiger partial charge in [-0.1, -0.05) is 12.0 Å². The Morgan fingerprint density at radius 3 is 2.74 bits per heavy atom. The minimum atomic E-state index is -0.842. The van der Waals surface area contributed by atoms with E-state index in [2.05, 4.69) is 5.92 Å². The summed E-state index contributed by atoms with van der Waals surface area (Å²) in [7, 11) is 0. The van der Waals surface area contributed by atoms with Crippen LogP contribution in [0.5, 0.6) is 0 Å². The van der Waals surface area contributed by atoms with Gasteiger partial charge in [-0.3, -0.25) is 4.79 Å². The predicted molar refractivity (Wildman–Crippen MR) is 68.6 cm³/mol. The molecule has 1 aromatic carbocycles. The Balaban J connectivity index is 2.30. The van der Waals surface area contributed by atoms with Gasteiger partial charge < -0.3 is 4.90 Å². The first-order chi connectivity index (χ1) is 9.04. The number of hydrogen-bond acceptors (Lipinski definition) is 1. The molecule has 0 N–H and O–H groups in total. The van der Waals surface area contributed by atoms with Gasteiger partial charge in [-0.25, -0.2) is 8.78 Å². The molecule has 0 atom stereocenters. The second-order valence-electron chi connectivity index (χ2n) is 4.89. The lowest BCUT2D eigenvalue weighted by atomic mass is 10.1. The highest BCUT2D eigenvalue weighted by Crippen LogP contribution is 2.30. The minimum Gasteiger partial charge on any atom is -0.327 e. The largest absolute Gasteiger partial charge is 0.327 e. The molecular formula is C15H15F2NO. The molecule has 0 bridgehead atoms. The lowest BCUT2D eigenvalue weighted by Crippen LogP contribution is -2.34. The Labute approximate surface area is 111 Å². The lowest BCUT2D eigenvalue weighted by molar-refractivity contribution is 0.0759. The van der Waals surface area contributed by atoms with Gasteiger partial charge in [-0.05, 0) is 37.3 Å². The van der Waals surface area contributed by atoms with E-state index in [9.17, 15) is 13.6 Å². The zero-order chi connectivity index (χ0) is 14.0. The molecular weight excluding hydrogens is 248 g/mol. The average Bonchev–Trinajstić information content (AvgIpc) is 3.18. The highest BCUT2D eigenvalue weighted by molar-refractivity contribution is 5.95. The summed E-state index contributed by atoms with van der Waals surface area (Å²) in [5.41, 5.74) is -0.257. The maximum atomic E-state index is 13.9. The highest BCUT2D eigenvalue weighted by Gasteiger charge is 2.29. The van der Waals surface area contributed by atoms with Gasteiger partial charge in [0.1, 0.15) is 17.2 Å². The molecule has 0 saturated heterocycles. The topological polar surface area (TPSA) is 20.3 Å². The fourth-order valence-electron chi connectivity index (χ4n) is 1.95. The number of aryl methyl sites for hydroxylation is 1. The second kappa shape index (κ2) is 5.40. The van der Waals surface area contributed by atoms with Crippen LogP contribution in [0.4, 0.5) is 8.78 Å². The molecule has 19 heavy (non-hydrogen) atoms. The van der Waals surface area contributed by atoms with Gasteiger partial charge in [0.2, 0.25) is 0 Å². The summed E-state index contributed by atoms with van der Waals surface area (Å²) >= 11 is 0. The second-order valence-corrected chi connectivity index (χ2v) is 4.89. The van der Waals surface area contributed by atoms with Crippen LogP contribution >= 0.6 is 0 Å². The molecule has 1 amide bonds. The van der Waals surface area contributed by atoms with E-state index in [0.717, 1.165) is 18.9 Å². The molecule has 1 aliphatic rings. The first-order valence-electron chi connectivity index (χ1n) is 6.22. The van der Waals surface area contributed by atoms with Crippen LogP contribution in [0, 0.1) is 36.8 Å². The zero-order valence-corrected chi connectivity index (χ0v) is 10.7. The van der Waals surface area contributed by atoms with E-state index in [4.69, 9.17) is 6.42 Å².